The number of rotatable bonds is 8. The van der Waals surface area contributed by atoms with Crippen molar-refractivity contribution in [3.8, 4) is 11.4 Å². The molecule has 5 rings (SSSR count). The number of H-pyrrole nitrogens is 1. The van der Waals surface area contributed by atoms with Crippen LogP contribution >= 0.6 is 23.2 Å². The second-order valence-electron chi connectivity index (χ2n) is 10.2. The van der Waals surface area contributed by atoms with E-state index in [1.807, 2.05) is 12.1 Å². The van der Waals surface area contributed by atoms with Crippen molar-refractivity contribution in [3.63, 3.8) is 0 Å². The number of tetrazole rings is 1. The molecule has 2 aromatic heterocycles. The fraction of sp³-hybridized carbons (Fsp3) is 0.520. The van der Waals surface area contributed by atoms with Gasteiger partial charge in [0.05, 0.1) is 23.2 Å². The second-order valence-corrected chi connectivity index (χ2v) is 12.8. The van der Waals surface area contributed by atoms with Gasteiger partial charge in [0.25, 0.3) is 0 Å². The quantitative estimate of drug-likeness (QED) is 0.403. The van der Waals surface area contributed by atoms with E-state index in [0.29, 0.717) is 39.5 Å². The number of hydrogen-bond donors (Lipinski definition) is 2. The summed E-state index contributed by atoms with van der Waals surface area (Å²) in [4.78, 5) is 11.9. The summed E-state index contributed by atoms with van der Waals surface area (Å²) < 4.78 is 25.5. The monoisotopic (exact) mass is 593 g/mol. The van der Waals surface area contributed by atoms with E-state index in [1.54, 1.807) is 6.07 Å². The van der Waals surface area contributed by atoms with E-state index >= 15 is 0 Å². The zero-order chi connectivity index (χ0) is 27.6. The third-order valence-corrected chi connectivity index (χ3v) is 8.62. The maximum Gasteiger partial charge on any atom is 0.229 e. The average Bonchev–Trinajstić information content (AvgIpc) is 3.44. The molecule has 11 nitrogen and oxygen atoms in total. The number of sulfonamides is 1. The van der Waals surface area contributed by atoms with Crippen LogP contribution in [0.25, 0.3) is 11.4 Å². The first-order valence-electron chi connectivity index (χ1n) is 13.1. The molecular formula is C25H33Cl2N9O2S. The van der Waals surface area contributed by atoms with Gasteiger partial charge in [0.2, 0.25) is 15.8 Å². The van der Waals surface area contributed by atoms with Gasteiger partial charge in [0, 0.05) is 48.8 Å². The topological polar surface area (TPSA) is 123 Å². The summed E-state index contributed by atoms with van der Waals surface area (Å²) in [5.41, 5.74) is 2.42. The number of nitrogens with zero attached hydrogens (tertiary/aromatic N) is 7. The number of anilines is 2. The van der Waals surface area contributed by atoms with Crippen molar-refractivity contribution in [1.82, 2.24) is 35.4 Å². The van der Waals surface area contributed by atoms with E-state index in [-0.39, 0.29) is 0 Å². The third kappa shape index (κ3) is 6.80. The van der Waals surface area contributed by atoms with Crippen LogP contribution in [0.15, 0.2) is 30.5 Å². The first-order valence-corrected chi connectivity index (χ1v) is 15.7. The molecule has 0 saturated carbocycles. The summed E-state index contributed by atoms with van der Waals surface area (Å²) in [6.07, 6.45) is 5.87. The fourth-order valence-corrected chi connectivity index (χ4v) is 6.66. The Hall–Kier alpha value is -2.51. The molecule has 3 aromatic rings. The largest absolute Gasteiger partial charge is 0.353 e. The molecule has 1 aromatic carbocycles. The zero-order valence-electron chi connectivity index (χ0n) is 22.0. The van der Waals surface area contributed by atoms with Gasteiger partial charge < -0.3 is 4.90 Å². The lowest BCUT2D eigenvalue weighted by Crippen LogP contribution is -2.58. The molecule has 0 amide bonds. The van der Waals surface area contributed by atoms with E-state index in [4.69, 9.17) is 23.2 Å². The highest BCUT2D eigenvalue weighted by Crippen LogP contribution is 2.31. The Morgan fingerprint density at radius 1 is 1.13 bits per heavy atom. The molecule has 0 bridgehead atoms. The number of likely N-dealkylation sites (tertiary alicyclic amines) is 1. The number of aromatic amines is 1. The van der Waals surface area contributed by atoms with Crippen molar-refractivity contribution < 1.29 is 8.42 Å². The summed E-state index contributed by atoms with van der Waals surface area (Å²) in [5.74, 6) is 1.26. The Labute approximate surface area is 238 Å². The predicted molar refractivity (Wildman–Crippen MR) is 154 cm³/mol. The number of pyridine rings is 1. The van der Waals surface area contributed by atoms with E-state index < -0.39 is 10.0 Å². The van der Waals surface area contributed by atoms with Crippen molar-refractivity contribution in [3.05, 3.63) is 46.1 Å². The van der Waals surface area contributed by atoms with Gasteiger partial charge in [-0.25, -0.2) is 13.4 Å². The number of halogens is 2. The normalized spacial score (nSPS) is 19.9. The molecule has 0 spiro atoms. The Kier molecular flexibility index (Phi) is 8.57. The van der Waals surface area contributed by atoms with Gasteiger partial charge in [-0.3, -0.25) is 14.5 Å². The van der Waals surface area contributed by atoms with Crippen LogP contribution in [0.2, 0.25) is 10.0 Å². The summed E-state index contributed by atoms with van der Waals surface area (Å²) in [6, 6.07) is 8.41. The minimum Gasteiger partial charge on any atom is -0.353 e. The molecular weight excluding hydrogens is 561 g/mol. The number of aromatic nitrogens is 5. The lowest BCUT2D eigenvalue weighted by molar-refractivity contribution is 0.0611. The number of benzene rings is 1. The SMILES string of the molecule is CCC1CN(c2ncc(NS(C)(=O)=O)cc2Cl)CCN1C1CCN(Cc2ccc(Cl)cc2-c2nn[nH]n2)CC1. The summed E-state index contributed by atoms with van der Waals surface area (Å²) in [6.45, 7) is 7.65. The van der Waals surface area contributed by atoms with Gasteiger partial charge in [-0.15, -0.1) is 10.2 Å². The molecule has 2 aliphatic heterocycles. The number of nitrogens with one attached hydrogen (secondary N) is 2. The second kappa shape index (κ2) is 11.9. The minimum atomic E-state index is -3.39. The van der Waals surface area contributed by atoms with E-state index in [1.165, 1.54) is 6.20 Å². The van der Waals surface area contributed by atoms with Crippen LogP contribution in [0.3, 0.4) is 0 Å². The summed E-state index contributed by atoms with van der Waals surface area (Å²) in [7, 11) is -3.39. The first-order chi connectivity index (χ1) is 18.7. The molecule has 0 radical (unpaired) electrons. The molecule has 1 unspecified atom stereocenters. The highest BCUT2D eigenvalue weighted by atomic mass is 35.5. The van der Waals surface area contributed by atoms with Gasteiger partial charge >= 0.3 is 0 Å². The van der Waals surface area contributed by atoms with Crippen molar-refractivity contribution in [2.45, 2.75) is 44.8 Å². The van der Waals surface area contributed by atoms with Crippen LogP contribution < -0.4 is 9.62 Å². The van der Waals surface area contributed by atoms with Gasteiger partial charge in [-0.1, -0.05) is 36.2 Å². The molecule has 1 atom stereocenters. The average molecular weight is 595 g/mol. The molecule has 14 heteroatoms. The van der Waals surface area contributed by atoms with Crippen LogP contribution in [0.1, 0.15) is 31.7 Å². The molecule has 2 saturated heterocycles. The maximum atomic E-state index is 11.5. The highest BCUT2D eigenvalue weighted by molar-refractivity contribution is 7.92. The van der Waals surface area contributed by atoms with Gasteiger partial charge in [0.15, 0.2) is 0 Å². The van der Waals surface area contributed by atoms with Gasteiger partial charge in [-0.05, 0) is 61.3 Å². The van der Waals surface area contributed by atoms with Crippen LogP contribution in [0, 0.1) is 0 Å². The standard InChI is InChI=1S/C25H33Cl2N9O2S/c1-3-20-16-35(25-23(27)13-19(14-28-25)31-39(2,37)38)10-11-36(20)21-6-8-34(9-7-21)15-17-4-5-18(26)12-22(17)24-29-32-33-30-24/h4-5,12-14,20-21,31H,3,6-11,15-16H2,1-2H3,(H,29,30,32,33). The van der Waals surface area contributed by atoms with E-state index in [9.17, 15) is 8.42 Å². The lowest BCUT2D eigenvalue weighted by atomic mass is 9.97. The van der Waals surface area contributed by atoms with E-state index in [0.717, 1.165) is 75.9 Å². The lowest BCUT2D eigenvalue weighted by Gasteiger charge is -2.47. The zero-order valence-corrected chi connectivity index (χ0v) is 24.3. The first kappa shape index (κ1) is 28.0. The Morgan fingerprint density at radius 2 is 1.92 bits per heavy atom. The third-order valence-electron chi connectivity index (χ3n) is 7.50. The van der Waals surface area contributed by atoms with E-state index in [2.05, 4.69) is 58.0 Å². The smallest absolute Gasteiger partial charge is 0.229 e. The number of piperidine rings is 1. The van der Waals surface area contributed by atoms with Crippen LogP contribution in [0.5, 0.6) is 0 Å². The van der Waals surface area contributed by atoms with Crippen LogP contribution in [-0.4, -0.2) is 94.9 Å². The Bertz CT molecular complexity index is 1380. The molecule has 39 heavy (non-hydrogen) atoms. The van der Waals surface area contributed by atoms with Crippen LogP contribution in [-0.2, 0) is 16.6 Å². The Morgan fingerprint density at radius 3 is 2.59 bits per heavy atom. The summed E-state index contributed by atoms with van der Waals surface area (Å²) in [5, 5.41) is 15.6. The number of hydrogen-bond acceptors (Lipinski definition) is 9. The van der Waals surface area contributed by atoms with Crippen molar-refractivity contribution >= 4 is 44.7 Å². The Balaban J connectivity index is 1.19. The van der Waals surface area contributed by atoms with Gasteiger partial charge in [-0.2, -0.15) is 5.21 Å². The fourth-order valence-electron chi connectivity index (χ4n) is 5.66. The van der Waals surface area contributed by atoms with Crippen LogP contribution in [0.4, 0.5) is 11.5 Å². The predicted octanol–water partition coefficient (Wildman–Crippen LogP) is 3.51. The molecule has 210 valence electrons. The van der Waals surface area contributed by atoms with Crippen molar-refractivity contribution in [2.24, 2.45) is 0 Å². The minimum absolute atomic E-state index is 0.367. The maximum absolute atomic E-state index is 11.5. The molecule has 2 fully saturated rings. The van der Waals surface area contributed by atoms with Crippen molar-refractivity contribution in [1.29, 1.82) is 0 Å². The molecule has 4 heterocycles. The molecule has 2 aliphatic rings. The van der Waals surface area contributed by atoms with Crippen molar-refractivity contribution in [2.75, 3.05) is 48.6 Å². The van der Waals surface area contributed by atoms with Gasteiger partial charge in [0.1, 0.15) is 5.82 Å². The summed E-state index contributed by atoms with van der Waals surface area (Å²) >= 11 is 12.8. The molecule has 0 aliphatic carbocycles. The number of piperazine rings is 1. The highest BCUT2D eigenvalue weighted by Gasteiger charge is 2.34. The molecule has 2 N–H and O–H groups in total.